The van der Waals surface area contributed by atoms with Gasteiger partial charge in [-0.15, -0.1) is 0 Å². The van der Waals surface area contributed by atoms with E-state index < -0.39 is 5.41 Å². The number of fused-ring (bicyclic) bond motifs is 5. The second-order valence-corrected chi connectivity index (χ2v) is 9.22. The summed E-state index contributed by atoms with van der Waals surface area (Å²) in [6.45, 7) is 0.954. The van der Waals surface area contributed by atoms with Gasteiger partial charge in [0.25, 0.3) is 0 Å². The molecule has 0 saturated carbocycles. The first-order valence-corrected chi connectivity index (χ1v) is 11.9. The molecule has 1 unspecified atom stereocenters. The van der Waals surface area contributed by atoms with E-state index in [0.29, 0.717) is 13.2 Å². The molecule has 0 aromatic heterocycles. The van der Waals surface area contributed by atoms with E-state index in [2.05, 4.69) is 64.8 Å². The Hall–Kier alpha value is -4.38. The van der Waals surface area contributed by atoms with Crippen LogP contribution in [0, 0.1) is 0 Å². The van der Waals surface area contributed by atoms with Crippen molar-refractivity contribution in [2.75, 3.05) is 23.4 Å². The van der Waals surface area contributed by atoms with Gasteiger partial charge in [0.15, 0.2) is 0 Å². The third kappa shape index (κ3) is 2.88. The van der Waals surface area contributed by atoms with Gasteiger partial charge in [-0.1, -0.05) is 78.9 Å². The van der Waals surface area contributed by atoms with Crippen LogP contribution in [0.15, 0.2) is 102 Å². The summed E-state index contributed by atoms with van der Waals surface area (Å²) in [6.07, 6.45) is 1.95. The molecular formula is C30H23N3O2. The van der Waals surface area contributed by atoms with Gasteiger partial charge in [0.05, 0.1) is 24.0 Å². The number of aliphatic imine (C=N–C) groups is 1. The Labute approximate surface area is 203 Å². The van der Waals surface area contributed by atoms with E-state index in [0.717, 1.165) is 33.9 Å². The number of benzene rings is 4. The number of carbonyl (C=O) groups excluding carboxylic acids is 1. The van der Waals surface area contributed by atoms with Crippen LogP contribution in [0.4, 0.5) is 17.1 Å². The first-order valence-electron chi connectivity index (χ1n) is 11.9. The van der Waals surface area contributed by atoms with E-state index in [9.17, 15) is 4.79 Å². The van der Waals surface area contributed by atoms with Gasteiger partial charge in [0, 0.05) is 23.5 Å². The van der Waals surface area contributed by atoms with Gasteiger partial charge in [-0.05, 0) is 28.8 Å². The monoisotopic (exact) mass is 457 g/mol. The highest BCUT2D eigenvalue weighted by molar-refractivity contribution is 6.10. The van der Waals surface area contributed by atoms with Gasteiger partial charge in [-0.2, -0.15) is 0 Å². The van der Waals surface area contributed by atoms with E-state index >= 15 is 0 Å². The summed E-state index contributed by atoms with van der Waals surface area (Å²) in [5, 5.41) is 3.07. The van der Waals surface area contributed by atoms with Crippen LogP contribution >= 0.6 is 0 Å². The first-order chi connectivity index (χ1) is 17.3. The van der Waals surface area contributed by atoms with Crippen LogP contribution in [0.1, 0.15) is 28.3 Å². The molecule has 0 aliphatic carbocycles. The molecule has 0 fully saturated rings. The van der Waals surface area contributed by atoms with Crippen LogP contribution in [0.2, 0.25) is 0 Å². The standard InChI is InChI=1S/C30H23N3O2/c34-29-30(22-13-7-8-14-24(22)32-29)19-35-27-18-25-26(17-23(27)30)33(16-15-31-25)28(20-9-3-1-4-10-20)21-11-5-2-6-12-21/h1-15,17-18,28H,16,19H2,(H,32,34). The third-order valence-corrected chi connectivity index (χ3v) is 7.36. The number of anilines is 2. The maximum absolute atomic E-state index is 13.4. The molecule has 4 aromatic carbocycles. The zero-order valence-corrected chi connectivity index (χ0v) is 19.0. The van der Waals surface area contributed by atoms with Crippen LogP contribution in [-0.4, -0.2) is 25.3 Å². The number of rotatable bonds is 3. The number of hydrogen-bond acceptors (Lipinski definition) is 4. The highest BCUT2D eigenvalue weighted by Crippen LogP contribution is 2.53. The second kappa shape index (κ2) is 7.57. The fourth-order valence-electron chi connectivity index (χ4n) is 5.73. The lowest BCUT2D eigenvalue weighted by Crippen LogP contribution is -2.38. The van der Waals surface area contributed by atoms with Crippen LogP contribution in [0.5, 0.6) is 5.75 Å². The molecule has 35 heavy (non-hydrogen) atoms. The van der Waals surface area contributed by atoms with E-state index in [1.54, 1.807) is 0 Å². The molecular weight excluding hydrogens is 434 g/mol. The fraction of sp³-hybridized carbons (Fsp3) is 0.133. The SMILES string of the molecule is O=C1Nc2ccccc2C12COc1cc3c(cc12)N(C(c1ccccc1)c1ccccc1)CC=N3. The van der Waals surface area contributed by atoms with Gasteiger partial charge in [-0.3, -0.25) is 9.79 Å². The zero-order chi connectivity index (χ0) is 23.4. The number of carbonyl (C=O) groups is 1. The van der Waals surface area contributed by atoms with Crippen molar-refractivity contribution in [2.45, 2.75) is 11.5 Å². The number of hydrogen-bond donors (Lipinski definition) is 1. The van der Waals surface area contributed by atoms with E-state index in [4.69, 9.17) is 9.73 Å². The average molecular weight is 458 g/mol. The molecule has 0 radical (unpaired) electrons. The molecule has 1 N–H and O–H groups in total. The van der Waals surface area contributed by atoms with Gasteiger partial charge < -0.3 is 15.0 Å². The van der Waals surface area contributed by atoms with Crippen molar-refractivity contribution in [3.63, 3.8) is 0 Å². The molecule has 1 amide bonds. The Balaban J connectivity index is 1.42. The van der Waals surface area contributed by atoms with Crippen LogP contribution in [0.25, 0.3) is 0 Å². The van der Waals surface area contributed by atoms with Crippen molar-refractivity contribution in [3.8, 4) is 5.75 Å². The zero-order valence-electron chi connectivity index (χ0n) is 19.0. The molecule has 5 heteroatoms. The van der Waals surface area contributed by atoms with Crippen molar-refractivity contribution in [2.24, 2.45) is 4.99 Å². The Morgan fingerprint density at radius 3 is 2.29 bits per heavy atom. The van der Waals surface area contributed by atoms with Crippen molar-refractivity contribution in [1.29, 1.82) is 0 Å². The summed E-state index contributed by atoms with van der Waals surface area (Å²) in [7, 11) is 0. The smallest absolute Gasteiger partial charge is 0.243 e. The Bertz CT molecular complexity index is 1440. The van der Waals surface area contributed by atoms with Crippen LogP contribution < -0.4 is 15.0 Å². The maximum atomic E-state index is 13.4. The topological polar surface area (TPSA) is 53.9 Å². The van der Waals surface area contributed by atoms with Gasteiger partial charge in [0.1, 0.15) is 17.8 Å². The lowest BCUT2D eigenvalue weighted by molar-refractivity contribution is -0.119. The average Bonchev–Trinajstić information content (AvgIpc) is 3.42. The first kappa shape index (κ1) is 20.0. The molecule has 3 aliphatic rings. The molecule has 3 aliphatic heterocycles. The summed E-state index contributed by atoms with van der Waals surface area (Å²) < 4.78 is 6.14. The molecule has 0 saturated heterocycles. The Morgan fingerprint density at radius 1 is 0.857 bits per heavy atom. The maximum Gasteiger partial charge on any atom is 0.243 e. The lowest BCUT2D eigenvalue weighted by atomic mass is 9.76. The predicted octanol–water partition coefficient (Wildman–Crippen LogP) is 5.63. The van der Waals surface area contributed by atoms with E-state index in [1.165, 1.54) is 11.1 Å². The minimum atomic E-state index is -0.844. The summed E-state index contributed by atoms with van der Waals surface area (Å²) in [5.41, 5.74) is 6.15. The van der Waals surface area contributed by atoms with Gasteiger partial charge in [0.2, 0.25) is 5.91 Å². The molecule has 5 nitrogen and oxygen atoms in total. The van der Waals surface area contributed by atoms with Crippen LogP contribution in [0.3, 0.4) is 0 Å². The number of amides is 1. The predicted molar refractivity (Wildman–Crippen MR) is 138 cm³/mol. The van der Waals surface area contributed by atoms with Crippen molar-refractivity contribution < 1.29 is 9.53 Å². The number of nitrogens with zero attached hydrogens (tertiary/aromatic N) is 2. The van der Waals surface area contributed by atoms with Crippen molar-refractivity contribution in [1.82, 2.24) is 0 Å². The highest BCUT2D eigenvalue weighted by atomic mass is 16.5. The summed E-state index contributed by atoms with van der Waals surface area (Å²) in [6, 6.07) is 33.1. The quantitative estimate of drug-likeness (QED) is 0.434. The Morgan fingerprint density at radius 2 is 1.54 bits per heavy atom. The van der Waals surface area contributed by atoms with Gasteiger partial charge >= 0.3 is 0 Å². The molecule has 1 spiro atoms. The van der Waals surface area contributed by atoms with Crippen molar-refractivity contribution in [3.05, 3.63) is 119 Å². The molecule has 1 atom stereocenters. The number of nitrogens with one attached hydrogen (secondary N) is 1. The van der Waals surface area contributed by atoms with Crippen molar-refractivity contribution >= 4 is 29.2 Å². The second-order valence-electron chi connectivity index (χ2n) is 9.22. The molecule has 7 rings (SSSR count). The minimum absolute atomic E-state index is 0.00362. The third-order valence-electron chi connectivity index (χ3n) is 7.36. The number of ether oxygens (including phenoxy) is 1. The summed E-state index contributed by atoms with van der Waals surface area (Å²) in [4.78, 5) is 20.5. The van der Waals surface area contributed by atoms with E-state index in [1.807, 2.05) is 48.7 Å². The van der Waals surface area contributed by atoms with Gasteiger partial charge in [-0.25, -0.2) is 0 Å². The van der Waals surface area contributed by atoms with E-state index in [-0.39, 0.29) is 11.9 Å². The minimum Gasteiger partial charge on any atom is -0.491 e. The molecule has 170 valence electrons. The highest BCUT2D eigenvalue weighted by Gasteiger charge is 2.54. The van der Waals surface area contributed by atoms with Crippen LogP contribution in [-0.2, 0) is 10.2 Å². The molecule has 3 heterocycles. The molecule has 0 bridgehead atoms. The molecule has 4 aromatic rings. The summed E-state index contributed by atoms with van der Waals surface area (Å²) in [5.74, 6) is 0.691. The lowest BCUT2D eigenvalue weighted by Gasteiger charge is -2.36. The number of para-hydroxylation sites is 1. The largest absolute Gasteiger partial charge is 0.491 e. The fourth-order valence-corrected chi connectivity index (χ4v) is 5.73. The normalized spacial score (nSPS) is 19.3. The Kier molecular flexibility index (Phi) is 4.33. The summed E-state index contributed by atoms with van der Waals surface area (Å²) >= 11 is 0.